The van der Waals surface area contributed by atoms with Crippen molar-refractivity contribution in [3.63, 3.8) is 0 Å². The van der Waals surface area contributed by atoms with Crippen LogP contribution in [0.3, 0.4) is 0 Å². The van der Waals surface area contributed by atoms with Gasteiger partial charge in [-0.1, -0.05) is 24.3 Å². The summed E-state index contributed by atoms with van der Waals surface area (Å²) < 4.78 is 0. The zero-order valence-electron chi connectivity index (χ0n) is 15.8. The summed E-state index contributed by atoms with van der Waals surface area (Å²) in [6.45, 7) is 0. The highest BCUT2D eigenvalue weighted by Crippen LogP contribution is 2.25. The van der Waals surface area contributed by atoms with Crippen molar-refractivity contribution in [1.29, 1.82) is 0 Å². The minimum Gasteiger partial charge on any atom is -0.308 e. The van der Waals surface area contributed by atoms with Gasteiger partial charge in [0.2, 0.25) is 5.91 Å². The molecular weight excluding hydrogens is 370 g/mol. The monoisotopic (exact) mass is 389 g/mol. The van der Waals surface area contributed by atoms with Gasteiger partial charge >= 0.3 is 0 Å². The van der Waals surface area contributed by atoms with Crippen LogP contribution in [0.2, 0.25) is 0 Å². The quantitative estimate of drug-likeness (QED) is 0.785. The van der Waals surface area contributed by atoms with Crippen LogP contribution in [-0.4, -0.2) is 36.7 Å². The molecule has 1 fully saturated rings. The van der Waals surface area contributed by atoms with Crippen LogP contribution in [0.15, 0.2) is 60.7 Å². The number of carbonyl (C=O) groups is 4. The van der Waals surface area contributed by atoms with E-state index in [0.717, 1.165) is 16.0 Å². The second kappa shape index (κ2) is 7.44. The molecule has 0 radical (unpaired) electrons. The van der Waals surface area contributed by atoms with Gasteiger partial charge in [0.1, 0.15) is 0 Å². The third-order valence-corrected chi connectivity index (χ3v) is 5.10. The molecular formula is C22H19N3O4. The van der Waals surface area contributed by atoms with E-state index in [1.807, 2.05) is 24.3 Å². The van der Waals surface area contributed by atoms with E-state index >= 15 is 0 Å². The normalized spacial score (nSPS) is 19.0. The van der Waals surface area contributed by atoms with Gasteiger partial charge in [0.05, 0.1) is 23.8 Å². The molecule has 0 aromatic heterocycles. The largest absolute Gasteiger partial charge is 0.308 e. The molecule has 29 heavy (non-hydrogen) atoms. The Balaban J connectivity index is 1.45. The van der Waals surface area contributed by atoms with Gasteiger partial charge in [0.15, 0.2) is 0 Å². The maximum atomic E-state index is 12.3. The van der Waals surface area contributed by atoms with Crippen molar-refractivity contribution in [2.45, 2.75) is 18.9 Å². The third-order valence-electron chi connectivity index (χ3n) is 5.10. The summed E-state index contributed by atoms with van der Waals surface area (Å²) in [5, 5.41) is 2.86. The molecule has 2 aromatic rings. The zero-order chi connectivity index (χ0) is 20.5. The van der Waals surface area contributed by atoms with E-state index in [9.17, 15) is 19.2 Å². The molecule has 0 aliphatic carbocycles. The average molecular weight is 389 g/mol. The SMILES string of the molecule is CNC1CC(=O)N(c2ccc(Cc3ccc(N4C(=O)C=CC4=O)cc3)cc2)C1=O. The van der Waals surface area contributed by atoms with Gasteiger partial charge in [-0.3, -0.25) is 19.2 Å². The number of imide groups is 2. The molecule has 0 spiro atoms. The first kappa shape index (κ1) is 18.8. The number of anilines is 2. The molecule has 0 saturated carbocycles. The predicted octanol–water partition coefficient (Wildman–Crippen LogP) is 1.56. The van der Waals surface area contributed by atoms with E-state index in [1.165, 1.54) is 17.1 Å². The Morgan fingerprint density at radius 2 is 1.28 bits per heavy atom. The van der Waals surface area contributed by atoms with E-state index in [1.54, 1.807) is 31.3 Å². The van der Waals surface area contributed by atoms with Crippen molar-refractivity contribution in [3.8, 4) is 0 Å². The summed E-state index contributed by atoms with van der Waals surface area (Å²) in [6.07, 6.45) is 3.32. The molecule has 4 rings (SSSR count). The van der Waals surface area contributed by atoms with Crippen LogP contribution in [0.5, 0.6) is 0 Å². The predicted molar refractivity (Wildman–Crippen MR) is 107 cm³/mol. The minimum absolute atomic E-state index is 0.168. The van der Waals surface area contributed by atoms with Gasteiger partial charge in [-0.2, -0.15) is 0 Å². The fourth-order valence-corrected chi connectivity index (χ4v) is 3.54. The van der Waals surface area contributed by atoms with E-state index in [0.29, 0.717) is 17.8 Å². The number of hydrogen-bond acceptors (Lipinski definition) is 5. The summed E-state index contributed by atoms with van der Waals surface area (Å²) in [5.41, 5.74) is 3.13. The molecule has 1 saturated heterocycles. The summed E-state index contributed by atoms with van der Waals surface area (Å²) in [5.74, 6) is -1.13. The van der Waals surface area contributed by atoms with E-state index in [2.05, 4.69) is 5.32 Å². The maximum absolute atomic E-state index is 12.3. The summed E-state index contributed by atoms with van der Waals surface area (Å²) >= 11 is 0. The maximum Gasteiger partial charge on any atom is 0.258 e. The Bertz CT molecular complexity index is 1010. The second-order valence-corrected chi connectivity index (χ2v) is 6.97. The minimum atomic E-state index is -0.467. The van der Waals surface area contributed by atoms with Crippen molar-refractivity contribution >= 4 is 35.0 Å². The number of hydrogen-bond donors (Lipinski definition) is 1. The van der Waals surface area contributed by atoms with E-state index in [4.69, 9.17) is 0 Å². The Morgan fingerprint density at radius 1 is 0.793 bits per heavy atom. The molecule has 4 amide bonds. The lowest BCUT2D eigenvalue weighted by atomic mass is 10.0. The standard InChI is InChI=1S/C22H19N3O4/c1-23-18-13-21(28)25(22(18)29)17-8-4-15(5-9-17)12-14-2-6-16(7-3-14)24-19(26)10-11-20(24)27/h2-11,18,23H,12-13H2,1H3. The first-order valence-corrected chi connectivity index (χ1v) is 9.26. The fourth-order valence-electron chi connectivity index (χ4n) is 3.54. The number of carbonyl (C=O) groups excluding carboxylic acids is 4. The average Bonchev–Trinajstić information content (AvgIpc) is 3.21. The van der Waals surface area contributed by atoms with E-state index < -0.39 is 6.04 Å². The molecule has 146 valence electrons. The van der Waals surface area contributed by atoms with Crippen LogP contribution in [0.1, 0.15) is 17.5 Å². The lowest BCUT2D eigenvalue weighted by Gasteiger charge is -2.16. The molecule has 2 heterocycles. The number of nitrogens with one attached hydrogen (secondary N) is 1. The van der Waals surface area contributed by atoms with Crippen molar-refractivity contribution < 1.29 is 19.2 Å². The molecule has 2 aromatic carbocycles. The van der Waals surface area contributed by atoms with Crippen LogP contribution < -0.4 is 15.1 Å². The topological polar surface area (TPSA) is 86.8 Å². The van der Waals surface area contributed by atoms with Gasteiger partial charge in [0, 0.05) is 12.2 Å². The Kier molecular flexibility index (Phi) is 4.82. The summed E-state index contributed by atoms with van der Waals surface area (Å²) in [6, 6.07) is 14.1. The molecule has 0 bridgehead atoms. The van der Waals surface area contributed by atoms with Crippen LogP contribution in [-0.2, 0) is 25.6 Å². The highest BCUT2D eigenvalue weighted by atomic mass is 16.2. The summed E-state index contributed by atoms with van der Waals surface area (Å²) in [7, 11) is 1.67. The van der Waals surface area contributed by atoms with Crippen molar-refractivity contribution in [1.82, 2.24) is 5.32 Å². The number of amides is 4. The van der Waals surface area contributed by atoms with Gasteiger partial charge < -0.3 is 5.32 Å². The van der Waals surface area contributed by atoms with E-state index in [-0.39, 0.29) is 30.0 Å². The highest BCUT2D eigenvalue weighted by Gasteiger charge is 2.38. The number of rotatable bonds is 5. The zero-order valence-corrected chi connectivity index (χ0v) is 15.8. The van der Waals surface area contributed by atoms with Crippen LogP contribution in [0.25, 0.3) is 0 Å². The first-order valence-electron chi connectivity index (χ1n) is 9.26. The van der Waals surface area contributed by atoms with Crippen molar-refractivity contribution in [3.05, 3.63) is 71.8 Å². The lowest BCUT2D eigenvalue weighted by molar-refractivity contribution is -0.122. The number of nitrogens with zero attached hydrogens (tertiary/aromatic N) is 2. The lowest BCUT2D eigenvalue weighted by Crippen LogP contribution is -2.37. The Labute approximate surface area is 167 Å². The Hall–Kier alpha value is -3.58. The number of likely N-dealkylation sites (N-methyl/N-ethyl adjacent to an activating group) is 1. The molecule has 7 heteroatoms. The molecule has 2 aliphatic rings. The van der Waals surface area contributed by atoms with Crippen LogP contribution in [0, 0.1) is 0 Å². The van der Waals surface area contributed by atoms with Gasteiger partial charge in [0.25, 0.3) is 17.7 Å². The fraction of sp³-hybridized carbons (Fsp3) is 0.182. The summed E-state index contributed by atoms with van der Waals surface area (Å²) in [4.78, 5) is 50.3. The molecule has 1 atom stereocenters. The smallest absolute Gasteiger partial charge is 0.258 e. The van der Waals surface area contributed by atoms with Gasteiger partial charge in [-0.15, -0.1) is 0 Å². The second-order valence-electron chi connectivity index (χ2n) is 6.97. The highest BCUT2D eigenvalue weighted by molar-refractivity contribution is 6.28. The molecule has 2 aliphatic heterocycles. The third kappa shape index (κ3) is 3.48. The van der Waals surface area contributed by atoms with Crippen LogP contribution in [0.4, 0.5) is 11.4 Å². The number of benzene rings is 2. The van der Waals surface area contributed by atoms with Crippen molar-refractivity contribution in [2.24, 2.45) is 0 Å². The Morgan fingerprint density at radius 3 is 1.72 bits per heavy atom. The van der Waals surface area contributed by atoms with Crippen molar-refractivity contribution in [2.75, 3.05) is 16.8 Å². The molecule has 7 nitrogen and oxygen atoms in total. The van der Waals surface area contributed by atoms with Crippen LogP contribution >= 0.6 is 0 Å². The molecule has 1 unspecified atom stereocenters. The first-order chi connectivity index (χ1) is 14.0. The van der Waals surface area contributed by atoms with Gasteiger partial charge in [-0.25, -0.2) is 9.80 Å². The van der Waals surface area contributed by atoms with Gasteiger partial charge in [-0.05, 0) is 48.9 Å². The molecule has 1 N–H and O–H groups in total.